The molecule has 3 amide bonds. The zero-order valence-electron chi connectivity index (χ0n) is 9.80. The lowest BCUT2D eigenvalue weighted by Gasteiger charge is -2.13. The molecule has 4 nitrogen and oxygen atoms in total. The third-order valence-corrected chi connectivity index (χ3v) is 2.52. The second-order valence-corrected chi connectivity index (χ2v) is 3.91. The number of nitrogens with one attached hydrogen (secondary N) is 2. The summed E-state index contributed by atoms with van der Waals surface area (Å²) in [5.74, 6) is -0.406. The summed E-state index contributed by atoms with van der Waals surface area (Å²) >= 11 is 0. The smallest absolute Gasteiger partial charge is 0.322 e. The molecule has 0 aliphatic heterocycles. The van der Waals surface area contributed by atoms with Crippen LogP contribution in [0.15, 0.2) is 54.6 Å². The molecule has 1 aliphatic rings. The van der Waals surface area contributed by atoms with E-state index >= 15 is 0 Å². The third kappa shape index (κ3) is 3.31. The van der Waals surface area contributed by atoms with Gasteiger partial charge in [-0.2, -0.15) is 0 Å². The summed E-state index contributed by atoms with van der Waals surface area (Å²) < 4.78 is 0. The second-order valence-electron chi connectivity index (χ2n) is 3.91. The zero-order valence-corrected chi connectivity index (χ0v) is 9.80. The molecule has 0 heterocycles. The van der Waals surface area contributed by atoms with Gasteiger partial charge < -0.3 is 5.32 Å². The van der Waals surface area contributed by atoms with Gasteiger partial charge in [0.05, 0.1) is 6.04 Å². The largest absolute Gasteiger partial charge is 0.328 e. The summed E-state index contributed by atoms with van der Waals surface area (Å²) in [5.41, 5.74) is 0.461. The van der Waals surface area contributed by atoms with Gasteiger partial charge in [0.25, 0.3) is 5.91 Å². The molecule has 1 aromatic rings. The minimum atomic E-state index is -0.495. The Morgan fingerprint density at radius 2 is 1.72 bits per heavy atom. The predicted octanol–water partition coefficient (Wildman–Crippen LogP) is 2.01. The molecule has 0 saturated carbocycles. The second kappa shape index (κ2) is 5.82. The highest BCUT2D eigenvalue weighted by Crippen LogP contribution is 2.01. The van der Waals surface area contributed by atoms with Crippen molar-refractivity contribution in [3.63, 3.8) is 0 Å². The molecule has 0 bridgehead atoms. The number of carbonyl (C=O) groups excluding carboxylic acids is 2. The number of imide groups is 1. The van der Waals surface area contributed by atoms with Crippen molar-refractivity contribution in [3.05, 3.63) is 60.2 Å². The Hall–Kier alpha value is -2.36. The minimum absolute atomic E-state index is 0.151. The molecule has 0 spiro atoms. The summed E-state index contributed by atoms with van der Waals surface area (Å²) in [6.07, 6.45) is 8.57. The van der Waals surface area contributed by atoms with E-state index in [0.717, 1.165) is 6.42 Å². The maximum Gasteiger partial charge on any atom is 0.322 e. The SMILES string of the molecule is O=C(NC(=O)c1ccccc1)NC1C=CCC=C1. The maximum absolute atomic E-state index is 11.7. The Balaban J connectivity index is 1.88. The molecule has 92 valence electrons. The highest BCUT2D eigenvalue weighted by molar-refractivity contribution is 6.04. The number of allylic oxidation sites excluding steroid dienone is 2. The van der Waals surface area contributed by atoms with E-state index in [1.165, 1.54) is 0 Å². The van der Waals surface area contributed by atoms with Gasteiger partial charge in [-0.25, -0.2) is 4.79 Å². The quantitative estimate of drug-likeness (QED) is 0.779. The summed E-state index contributed by atoms with van der Waals surface area (Å²) in [6, 6.07) is 7.98. The van der Waals surface area contributed by atoms with Crippen molar-refractivity contribution < 1.29 is 9.59 Å². The van der Waals surface area contributed by atoms with Gasteiger partial charge in [-0.05, 0) is 18.6 Å². The van der Waals surface area contributed by atoms with Crippen molar-refractivity contribution in [2.75, 3.05) is 0 Å². The van der Waals surface area contributed by atoms with E-state index in [9.17, 15) is 9.59 Å². The van der Waals surface area contributed by atoms with E-state index in [4.69, 9.17) is 0 Å². The average molecular weight is 242 g/mol. The van der Waals surface area contributed by atoms with E-state index in [1.807, 2.05) is 30.4 Å². The van der Waals surface area contributed by atoms with Gasteiger partial charge in [-0.15, -0.1) is 0 Å². The van der Waals surface area contributed by atoms with Gasteiger partial charge in [-0.1, -0.05) is 42.5 Å². The third-order valence-electron chi connectivity index (χ3n) is 2.52. The predicted molar refractivity (Wildman–Crippen MR) is 69.1 cm³/mol. The topological polar surface area (TPSA) is 58.2 Å². The van der Waals surface area contributed by atoms with Crippen molar-refractivity contribution in [1.82, 2.24) is 10.6 Å². The van der Waals surface area contributed by atoms with Crippen LogP contribution in [-0.4, -0.2) is 18.0 Å². The molecule has 2 rings (SSSR count). The fraction of sp³-hybridized carbons (Fsp3) is 0.143. The van der Waals surface area contributed by atoms with Crippen molar-refractivity contribution in [2.24, 2.45) is 0 Å². The van der Waals surface area contributed by atoms with Gasteiger partial charge >= 0.3 is 6.03 Å². The number of amides is 3. The molecule has 1 aromatic carbocycles. The number of hydrogen-bond acceptors (Lipinski definition) is 2. The van der Waals surface area contributed by atoms with Crippen LogP contribution in [-0.2, 0) is 0 Å². The Morgan fingerprint density at radius 1 is 1.06 bits per heavy atom. The van der Waals surface area contributed by atoms with E-state index in [0.29, 0.717) is 5.56 Å². The standard InChI is InChI=1S/C14H14N2O2/c17-13(11-7-3-1-4-8-11)16-14(18)15-12-9-5-2-6-10-12/h1,3-10,12H,2H2,(H2,15,16,17,18). The first-order chi connectivity index (χ1) is 8.75. The first-order valence-corrected chi connectivity index (χ1v) is 5.76. The van der Waals surface area contributed by atoms with Crippen molar-refractivity contribution in [2.45, 2.75) is 12.5 Å². The number of benzene rings is 1. The Kier molecular flexibility index (Phi) is 3.91. The van der Waals surface area contributed by atoms with Crippen molar-refractivity contribution in [1.29, 1.82) is 0 Å². The van der Waals surface area contributed by atoms with Gasteiger partial charge in [0.1, 0.15) is 0 Å². The first kappa shape index (κ1) is 12.1. The van der Waals surface area contributed by atoms with Crippen LogP contribution in [0.25, 0.3) is 0 Å². The molecular weight excluding hydrogens is 228 g/mol. The van der Waals surface area contributed by atoms with E-state index < -0.39 is 11.9 Å². The van der Waals surface area contributed by atoms with Crippen LogP contribution in [0.2, 0.25) is 0 Å². The lowest BCUT2D eigenvalue weighted by molar-refractivity contribution is 0.0964. The molecule has 4 heteroatoms. The van der Waals surface area contributed by atoms with Crippen LogP contribution in [0.3, 0.4) is 0 Å². The molecule has 0 saturated heterocycles. The fourth-order valence-electron chi connectivity index (χ4n) is 1.64. The van der Waals surface area contributed by atoms with Gasteiger partial charge in [0, 0.05) is 5.56 Å². The average Bonchev–Trinajstić information content (AvgIpc) is 2.40. The molecule has 0 atom stereocenters. The molecule has 1 aliphatic carbocycles. The molecular formula is C14H14N2O2. The summed E-state index contributed by atoms with van der Waals surface area (Å²) in [5, 5.41) is 4.96. The van der Waals surface area contributed by atoms with Crippen LogP contribution in [0.1, 0.15) is 16.8 Å². The van der Waals surface area contributed by atoms with E-state index in [1.54, 1.807) is 24.3 Å². The molecule has 0 radical (unpaired) electrons. The van der Waals surface area contributed by atoms with Crippen LogP contribution >= 0.6 is 0 Å². The van der Waals surface area contributed by atoms with Gasteiger partial charge in [0.2, 0.25) is 0 Å². The van der Waals surface area contributed by atoms with Gasteiger partial charge in [-0.3, -0.25) is 10.1 Å². The minimum Gasteiger partial charge on any atom is -0.328 e. The summed E-state index contributed by atoms with van der Waals surface area (Å²) in [7, 11) is 0. The van der Waals surface area contributed by atoms with Crippen molar-refractivity contribution >= 4 is 11.9 Å². The number of carbonyl (C=O) groups is 2. The number of urea groups is 1. The Morgan fingerprint density at radius 3 is 2.39 bits per heavy atom. The van der Waals surface area contributed by atoms with E-state index in [-0.39, 0.29) is 6.04 Å². The monoisotopic (exact) mass is 242 g/mol. The number of rotatable bonds is 2. The first-order valence-electron chi connectivity index (χ1n) is 5.76. The lowest BCUT2D eigenvalue weighted by atomic mass is 10.1. The highest BCUT2D eigenvalue weighted by Gasteiger charge is 2.12. The molecule has 2 N–H and O–H groups in total. The van der Waals surface area contributed by atoms with Crippen LogP contribution in [0.5, 0.6) is 0 Å². The maximum atomic E-state index is 11.7. The molecule has 0 unspecified atom stereocenters. The molecule has 0 fully saturated rings. The summed E-state index contributed by atoms with van der Waals surface area (Å²) in [4.78, 5) is 23.3. The van der Waals surface area contributed by atoms with Gasteiger partial charge in [0.15, 0.2) is 0 Å². The Bertz CT molecular complexity index is 480. The Labute approximate surface area is 105 Å². The zero-order chi connectivity index (χ0) is 12.8. The normalized spacial score (nSPS) is 14.2. The molecule has 0 aromatic heterocycles. The molecule has 18 heavy (non-hydrogen) atoms. The van der Waals surface area contributed by atoms with E-state index in [2.05, 4.69) is 10.6 Å². The van der Waals surface area contributed by atoms with Crippen LogP contribution in [0, 0.1) is 0 Å². The van der Waals surface area contributed by atoms with Crippen molar-refractivity contribution in [3.8, 4) is 0 Å². The summed E-state index contributed by atoms with van der Waals surface area (Å²) in [6.45, 7) is 0. The lowest BCUT2D eigenvalue weighted by Crippen LogP contribution is -2.43. The fourth-order valence-corrected chi connectivity index (χ4v) is 1.64. The highest BCUT2D eigenvalue weighted by atomic mass is 16.2. The van der Waals surface area contributed by atoms with Crippen LogP contribution < -0.4 is 10.6 Å². The van der Waals surface area contributed by atoms with Crippen LogP contribution in [0.4, 0.5) is 4.79 Å². The number of hydrogen-bond donors (Lipinski definition) is 2.